The Morgan fingerprint density at radius 3 is 2.75 bits per heavy atom. The summed E-state index contributed by atoms with van der Waals surface area (Å²) in [5, 5.41) is 20.1. The van der Waals surface area contributed by atoms with Gasteiger partial charge in [-0.15, -0.1) is 5.10 Å². The van der Waals surface area contributed by atoms with Gasteiger partial charge in [0.1, 0.15) is 12.4 Å². The van der Waals surface area contributed by atoms with Gasteiger partial charge in [0.2, 0.25) is 0 Å². The number of aliphatic carboxylic acids is 1. The lowest BCUT2D eigenvalue weighted by molar-refractivity contribution is -0.142. The lowest BCUT2D eigenvalue weighted by Crippen LogP contribution is -2.37. The highest BCUT2D eigenvalue weighted by atomic mass is 16.4. The van der Waals surface area contributed by atoms with Crippen molar-refractivity contribution in [2.75, 3.05) is 7.05 Å². The van der Waals surface area contributed by atoms with Crippen molar-refractivity contribution < 1.29 is 9.90 Å². The Labute approximate surface area is 116 Å². The first-order valence-corrected chi connectivity index (χ1v) is 6.28. The molecule has 7 heteroatoms. The number of carbonyl (C=O) groups is 1. The van der Waals surface area contributed by atoms with Crippen molar-refractivity contribution in [3.63, 3.8) is 0 Å². The molecule has 0 spiro atoms. The average Bonchev–Trinajstić information content (AvgIpc) is 2.99. The van der Waals surface area contributed by atoms with E-state index in [0.717, 1.165) is 11.3 Å². The van der Waals surface area contributed by atoms with Gasteiger partial charge < -0.3 is 5.11 Å². The third kappa shape index (κ3) is 2.83. The molecule has 20 heavy (non-hydrogen) atoms. The zero-order chi connectivity index (χ0) is 14.7. The van der Waals surface area contributed by atoms with E-state index in [2.05, 4.69) is 15.5 Å². The highest BCUT2D eigenvalue weighted by Gasteiger charge is 2.22. The second-order valence-corrected chi connectivity index (χ2v) is 4.71. The van der Waals surface area contributed by atoms with Crippen LogP contribution in [0.25, 0.3) is 5.69 Å². The minimum absolute atomic E-state index is 0.0301. The van der Waals surface area contributed by atoms with E-state index >= 15 is 0 Å². The molecule has 0 saturated carbocycles. The number of rotatable bonds is 5. The number of hydrogen-bond acceptors (Lipinski definition) is 5. The van der Waals surface area contributed by atoms with E-state index in [1.165, 1.54) is 6.33 Å². The first kappa shape index (κ1) is 14.1. The maximum Gasteiger partial charge on any atom is 0.320 e. The Morgan fingerprint density at radius 1 is 1.40 bits per heavy atom. The normalized spacial score (nSPS) is 14.2. The molecule has 0 saturated heterocycles. The van der Waals surface area contributed by atoms with Crippen molar-refractivity contribution in [2.24, 2.45) is 0 Å². The molecule has 1 N–H and O–H groups in total. The lowest BCUT2D eigenvalue weighted by atomic mass is 10.1. The molecule has 7 nitrogen and oxygen atoms in total. The number of likely N-dealkylation sites (N-methyl/N-ethyl adjacent to an activating group) is 1. The molecular formula is C13H17N5O2. The summed E-state index contributed by atoms with van der Waals surface area (Å²) >= 11 is 0. The highest BCUT2D eigenvalue weighted by Crippen LogP contribution is 2.22. The van der Waals surface area contributed by atoms with E-state index in [1.807, 2.05) is 31.2 Å². The maximum atomic E-state index is 11.1. The summed E-state index contributed by atoms with van der Waals surface area (Å²) in [5.41, 5.74) is 1.85. The van der Waals surface area contributed by atoms with Crippen LogP contribution in [-0.2, 0) is 4.79 Å². The molecule has 0 fully saturated rings. The molecule has 1 aromatic carbocycles. The molecule has 0 aliphatic carbocycles. The van der Waals surface area contributed by atoms with Gasteiger partial charge in [-0.05, 0) is 49.0 Å². The van der Waals surface area contributed by atoms with Crippen LogP contribution in [0.1, 0.15) is 25.5 Å². The first-order valence-electron chi connectivity index (χ1n) is 6.28. The number of nitrogens with zero attached hydrogens (tertiary/aromatic N) is 5. The lowest BCUT2D eigenvalue weighted by Gasteiger charge is -2.28. The van der Waals surface area contributed by atoms with Crippen LogP contribution >= 0.6 is 0 Å². The van der Waals surface area contributed by atoms with Crippen molar-refractivity contribution in [3.05, 3.63) is 36.2 Å². The fourth-order valence-electron chi connectivity index (χ4n) is 1.95. The Balaban J connectivity index is 2.25. The minimum atomic E-state index is -0.837. The van der Waals surface area contributed by atoms with Gasteiger partial charge in [0, 0.05) is 6.04 Å². The van der Waals surface area contributed by atoms with Crippen molar-refractivity contribution in [1.82, 2.24) is 25.1 Å². The fourth-order valence-corrected chi connectivity index (χ4v) is 1.95. The van der Waals surface area contributed by atoms with Gasteiger partial charge in [0.05, 0.1) is 5.69 Å². The third-order valence-corrected chi connectivity index (χ3v) is 3.55. The van der Waals surface area contributed by atoms with E-state index in [-0.39, 0.29) is 6.04 Å². The molecule has 2 atom stereocenters. The van der Waals surface area contributed by atoms with Crippen LogP contribution in [0.3, 0.4) is 0 Å². The predicted octanol–water partition coefficient (Wildman–Crippen LogP) is 1.13. The van der Waals surface area contributed by atoms with Crippen LogP contribution in [0.2, 0.25) is 0 Å². The van der Waals surface area contributed by atoms with E-state index < -0.39 is 12.0 Å². The molecular weight excluding hydrogens is 258 g/mol. The summed E-state index contributed by atoms with van der Waals surface area (Å²) in [5.74, 6) is -0.837. The molecule has 1 aromatic heterocycles. The summed E-state index contributed by atoms with van der Waals surface area (Å²) in [6.45, 7) is 3.64. The van der Waals surface area contributed by atoms with Crippen molar-refractivity contribution in [1.29, 1.82) is 0 Å². The summed E-state index contributed by atoms with van der Waals surface area (Å²) in [6, 6.07) is 7.13. The second-order valence-electron chi connectivity index (χ2n) is 4.71. The second kappa shape index (κ2) is 5.79. The molecule has 0 bridgehead atoms. The summed E-state index contributed by atoms with van der Waals surface area (Å²) in [7, 11) is 1.80. The molecule has 0 amide bonds. The standard InChI is InChI=1S/C13H17N5O2/c1-9(17(3)10(2)13(19)20)11-5-4-6-12(7-11)18-8-14-15-16-18/h4-10H,1-3H3,(H,19,20). The number of tetrazole rings is 1. The van der Waals surface area contributed by atoms with Gasteiger partial charge in [-0.1, -0.05) is 12.1 Å². The van der Waals surface area contributed by atoms with Crippen LogP contribution in [0.4, 0.5) is 0 Å². The van der Waals surface area contributed by atoms with Crippen LogP contribution in [0.5, 0.6) is 0 Å². The predicted molar refractivity (Wildman–Crippen MR) is 72.4 cm³/mol. The molecule has 2 rings (SSSR count). The smallest absolute Gasteiger partial charge is 0.320 e. The van der Waals surface area contributed by atoms with Crippen molar-refractivity contribution in [2.45, 2.75) is 25.9 Å². The zero-order valence-electron chi connectivity index (χ0n) is 11.6. The van der Waals surface area contributed by atoms with Gasteiger partial charge in [0.15, 0.2) is 0 Å². The minimum Gasteiger partial charge on any atom is -0.480 e. The molecule has 106 valence electrons. The highest BCUT2D eigenvalue weighted by molar-refractivity contribution is 5.72. The zero-order valence-corrected chi connectivity index (χ0v) is 11.6. The summed E-state index contributed by atoms with van der Waals surface area (Å²) in [4.78, 5) is 12.9. The molecule has 0 aliphatic heterocycles. The van der Waals surface area contributed by atoms with E-state index in [1.54, 1.807) is 23.6 Å². The Bertz CT molecular complexity index is 584. The summed E-state index contributed by atoms with van der Waals surface area (Å²) in [6.07, 6.45) is 1.52. The molecule has 0 radical (unpaired) electrons. The molecule has 2 aromatic rings. The van der Waals surface area contributed by atoms with Crippen LogP contribution in [-0.4, -0.2) is 49.3 Å². The third-order valence-electron chi connectivity index (χ3n) is 3.55. The number of carboxylic acid groups (broad SMARTS) is 1. The van der Waals surface area contributed by atoms with Crippen molar-refractivity contribution in [3.8, 4) is 5.69 Å². The topological polar surface area (TPSA) is 84.1 Å². The van der Waals surface area contributed by atoms with Crippen LogP contribution < -0.4 is 0 Å². The quantitative estimate of drug-likeness (QED) is 0.880. The summed E-state index contributed by atoms with van der Waals surface area (Å²) < 4.78 is 1.57. The SMILES string of the molecule is CC(C(=O)O)N(C)C(C)c1cccc(-n2cnnn2)c1. The number of hydrogen-bond donors (Lipinski definition) is 1. The monoisotopic (exact) mass is 275 g/mol. The number of benzene rings is 1. The van der Waals surface area contributed by atoms with Gasteiger partial charge in [0.25, 0.3) is 0 Å². The Morgan fingerprint density at radius 2 is 2.15 bits per heavy atom. The molecule has 0 aliphatic rings. The van der Waals surface area contributed by atoms with Crippen molar-refractivity contribution >= 4 is 5.97 Å². The Hall–Kier alpha value is -2.28. The molecule has 2 unspecified atom stereocenters. The number of carboxylic acids is 1. The van der Waals surface area contributed by atoms with Crippen LogP contribution in [0.15, 0.2) is 30.6 Å². The maximum absolute atomic E-state index is 11.1. The van der Waals surface area contributed by atoms with E-state index in [0.29, 0.717) is 0 Å². The van der Waals surface area contributed by atoms with Gasteiger partial charge >= 0.3 is 5.97 Å². The van der Waals surface area contributed by atoms with Gasteiger partial charge in [-0.2, -0.15) is 0 Å². The fraction of sp³-hybridized carbons (Fsp3) is 0.385. The van der Waals surface area contributed by atoms with E-state index in [9.17, 15) is 4.79 Å². The Kier molecular flexibility index (Phi) is 4.09. The molecule has 1 heterocycles. The van der Waals surface area contributed by atoms with Gasteiger partial charge in [-0.25, -0.2) is 4.68 Å². The largest absolute Gasteiger partial charge is 0.480 e. The first-order chi connectivity index (χ1) is 9.50. The van der Waals surface area contributed by atoms with Gasteiger partial charge in [-0.3, -0.25) is 9.69 Å². The number of aromatic nitrogens is 4. The van der Waals surface area contributed by atoms with E-state index in [4.69, 9.17) is 5.11 Å². The average molecular weight is 275 g/mol. The van der Waals surface area contributed by atoms with Crippen LogP contribution in [0, 0.1) is 0 Å².